The van der Waals surface area contributed by atoms with Gasteiger partial charge < -0.3 is 15.4 Å². The van der Waals surface area contributed by atoms with Crippen LogP contribution in [0, 0.1) is 11.3 Å². The number of hydrogen-bond donors (Lipinski definition) is 2. The van der Waals surface area contributed by atoms with Crippen molar-refractivity contribution in [1.82, 2.24) is 15.5 Å². The summed E-state index contributed by atoms with van der Waals surface area (Å²) in [6.07, 6.45) is 1.48. The molecule has 1 rings (SSSR count). The molecule has 2 N–H and O–H groups in total. The first-order valence-electron chi connectivity index (χ1n) is 6.58. The molecule has 0 aliphatic carbocycles. The summed E-state index contributed by atoms with van der Waals surface area (Å²) in [5.41, 5.74) is 0.107. The van der Waals surface area contributed by atoms with Crippen molar-refractivity contribution in [3.8, 4) is 6.07 Å². The van der Waals surface area contributed by atoms with Gasteiger partial charge in [0.1, 0.15) is 11.6 Å². The lowest BCUT2D eigenvalue weighted by molar-refractivity contribution is -0.117. The van der Waals surface area contributed by atoms with Gasteiger partial charge >= 0.3 is 0 Å². The molecule has 1 aliphatic heterocycles. The number of amides is 1. The lowest BCUT2D eigenvalue weighted by Crippen LogP contribution is -2.39. The Morgan fingerprint density at radius 3 is 2.74 bits per heavy atom. The number of carbonyl (C=O) groups is 1. The Bertz CT molecular complexity index is 354. The Morgan fingerprint density at radius 1 is 1.47 bits per heavy atom. The van der Waals surface area contributed by atoms with Crippen LogP contribution in [-0.2, 0) is 9.53 Å². The smallest absolute Gasteiger partial charge is 0.263 e. The molecule has 0 radical (unpaired) electrons. The first-order chi connectivity index (χ1) is 9.13. The minimum absolute atomic E-state index is 0.0256. The Kier molecular flexibility index (Phi) is 6.93. The highest BCUT2D eigenvalue weighted by atomic mass is 16.5. The molecular formula is C13H22N4O2. The molecule has 0 aromatic rings. The summed E-state index contributed by atoms with van der Waals surface area (Å²) in [6, 6.07) is 1.92. The molecule has 1 fully saturated rings. The standard InChI is InChI=1S/C13H22N4O2/c1-11(2)16-13(18)12(9-14)10-15-3-4-17-5-7-19-8-6-17/h10-11,15H,3-8H2,1-2H3,(H,16,18)/b12-10-. The highest BCUT2D eigenvalue weighted by Crippen LogP contribution is 1.95. The summed E-state index contributed by atoms with van der Waals surface area (Å²) in [4.78, 5) is 13.9. The number of nitriles is 1. The van der Waals surface area contributed by atoms with E-state index in [4.69, 9.17) is 10.00 Å². The van der Waals surface area contributed by atoms with Gasteiger partial charge in [-0.2, -0.15) is 5.26 Å². The van der Waals surface area contributed by atoms with Crippen molar-refractivity contribution >= 4 is 5.91 Å². The van der Waals surface area contributed by atoms with Crippen molar-refractivity contribution in [1.29, 1.82) is 5.26 Å². The Labute approximate surface area is 114 Å². The van der Waals surface area contributed by atoms with Gasteiger partial charge in [0.05, 0.1) is 13.2 Å². The molecule has 0 aromatic carbocycles. The molecule has 19 heavy (non-hydrogen) atoms. The van der Waals surface area contributed by atoms with Crippen LogP contribution in [0.1, 0.15) is 13.8 Å². The zero-order chi connectivity index (χ0) is 14.1. The first kappa shape index (κ1) is 15.5. The highest BCUT2D eigenvalue weighted by molar-refractivity contribution is 5.97. The van der Waals surface area contributed by atoms with Crippen LogP contribution in [0.5, 0.6) is 0 Å². The van der Waals surface area contributed by atoms with Crippen molar-refractivity contribution in [3.63, 3.8) is 0 Å². The summed E-state index contributed by atoms with van der Waals surface area (Å²) in [6.45, 7) is 8.73. The number of hydrogen-bond acceptors (Lipinski definition) is 5. The normalized spacial score (nSPS) is 17.1. The van der Waals surface area contributed by atoms with Gasteiger partial charge in [-0.05, 0) is 13.8 Å². The van der Waals surface area contributed by atoms with E-state index < -0.39 is 0 Å². The van der Waals surface area contributed by atoms with Crippen LogP contribution < -0.4 is 10.6 Å². The predicted molar refractivity (Wildman–Crippen MR) is 72.2 cm³/mol. The summed E-state index contributed by atoms with van der Waals surface area (Å²) in [7, 11) is 0. The minimum Gasteiger partial charge on any atom is -0.388 e. The third-order valence-electron chi connectivity index (χ3n) is 2.71. The van der Waals surface area contributed by atoms with Crippen molar-refractivity contribution in [2.75, 3.05) is 39.4 Å². The van der Waals surface area contributed by atoms with Gasteiger partial charge in [-0.3, -0.25) is 9.69 Å². The first-order valence-corrected chi connectivity index (χ1v) is 6.58. The monoisotopic (exact) mass is 266 g/mol. The summed E-state index contributed by atoms with van der Waals surface area (Å²) in [5, 5.41) is 14.6. The number of rotatable bonds is 6. The maximum Gasteiger partial charge on any atom is 0.263 e. The third-order valence-corrected chi connectivity index (χ3v) is 2.71. The molecule has 0 unspecified atom stereocenters. The SMILES string of the molecule is CC(C)NC(=O)/C(C#N)=C\NCCN1CCOCC1. The maximum absolute atomic E-state index is 11.6. The van der Waals surface area contributed by atoms with E-state index in [9.17, 15) is 4.79 Å². The number of morpholine rings is 1. The van der Waals surface area contributed by atoms with E-state index in [-0.39, 0.29) is 17.5 Å². The molecule has 0 atom stereocenters. The van der Waals surface area contributed by atoms with Gasteiger partial charge in [0.15, 0.2) is 0 Å². The molecule has 1 aliphatic rings. The lowest BCUT2D eigenvalue weighted by atomic mass is 10.2. The molecule has 1 amide bonds. The minimum atomic E-state index is -0.337. The zero-order valence-corrected chi connectivity index (χ0v) is 11.6. The molecule has 6 heteroatoms. The number of nitrogens with zero attached hydrogens (tertiary/aromatic N) is 2. The van der Waals surface area contributed by atoms with Crippen molar-refractivity contribution in [3.05, 3.63) is 11.8 Å². The molecule has 0 spiro atoms. The van der Waals surface area contributed by atoms with Crippen LogP contribution in [0.2, 0.25) is 0 Å². The van der Waals surface area contributed by atoms with Crippen LogP contribution in [0.15, 0.2) is 11.8 Å². The molecule has 1 saturated heterocycles. The van der Waals surface area contributed by atoms with Gasteiger partial charge in [-0.25, -0.2) is 0 Å². The second-order valence-corrected chi connectivity index (χ2v) is 4.71. The third kappa shape index (κ3) is 6.22. The van der Waals surface area contributed by atoms with Crippen LogP contribution in [0.4, 0.5) is 0 Å². The Morgan fingerprint density at radius 2 is 2.16 bits per heavy atom. The molecule has 1 heterocycles. The van der Waals surface area contributed by atoms with E-state index in [1.807, 2.05) is 19.9 Å². The molecule has 6 nitrogen and oxygen atoms in total. The largest absolute Gasteiger partial charge is 0.388 e. The predicted octanol–water partition coefficient (Wildman–Crippen LogP) is -0.160. The van der Waals surface area contributed by atoms with E-state index in [0.717, 1.165) is 32.8 Å². The van der Waals surface area contributed by atoms with Crippen molar-refractivity contribution in [2.24, 2.45) is 0 Å². The topological polar surface area (TPSA) is 77.4 Å². The zero-order valence-electron chi connectivity index (χ0n) is 11.6. The van der Waals surface area contributed by atoms with Gasteiger partial charge in [0, 0.05) is 38.4 Å². The fourth-order valence-corrected chi connectivity index (χ4v) is 1.71. The van der Waals surface area contributed by atoms with E-state index >= 15 is 0 Å². The fraction of sp³-hybridized carbons (Fsp3) is 0.692. The van der Waals surface area contributed by atoms with Gasteiger partial charge in [-0.1, -0.05) is 0 Å². The van der Waals surface area contributed by atoms with Crippen LogP contribution in [0.3, 0.4) is 0 Å². The second-order valence-electron chi connectivity index (χ2n) is 4.71. The van der Waals surface area contributed by atoms with E-state index in [2.05, 4.69) is 15.5 Å². The van der Waals surface area contributed by atoms with E-state index in [0.29, 0.717) is 6.54 Å². The van der Waals surface area contributed by atoms with Crippen molar-refractivity contribution < 1.29 is 9.53 Å². The number of ether oxygens (including phenoxy) is 1. The molecular weight excluding hydrogens is 244 g/mol. The lowest BCUT2D eigenvalue weighted by Gasteiger charge is -2.26. The highest BCUT2D eigenvalue weighted by Gasteiger charge is 2.10. The fourth-order valence-electron chi connectivity index (χ4n) is 1.71. The van der Waals surface area contributed by atoms with Crippen LogP contribution in [-0.4, -0.2) is 56.2 Å². The Hall–Kier alpha value is -1.58. The van der Waals surface area contributed by atoms with Crippen molar-refractivity contribution in [2.45, 2.75) is 19.9 Å². The van der Waals surface area contributed by atoms with E-state index in [1.165, 1.54) is 6.20 Å². The molecule has 0 bridgehead atoms. The summed E-state index contributed by atoms with van der Waals surface area (Å²) in [5.74, 6) is -0.337. The molecule has 0 aromatic heterocycles. The summed E-state index contributed by atoms with van der Waals surface area (Å²) >= 11 is 0. The summed E-state index contributed by atoms with van der Waals surface area (Å²) < 4.78 is 5.26. The quantitative estimate of drug-likeness (QED) is 0.397. The molecule has 106 valence electrons. The number of carbonyl (C=O) groups excluding carboxylic acids is 1. The van der Waals surface area contributed by atoms with Crippen LogP contribution >= 0.6 is 0 Å². The van der Waals surface area contributed by atoms with Gasteiger partial charge in [-0.15, -0.1) is 0 Å². The molecule has 0 saturated carbocycles. The van der Waals surface area contributed by atoms with E-state index in [1.54, 1.807) is 0 Å². The van der Waals surface area contributed by atoms with Gasteiger partial charge in [0.25, 0.3) is 5.91 Å². The Balaban J connectivity index is 2.28. The average molecular weight is 266 g/mol. The number of nitrogens with one attached hydrogen (secondary N) is 2. The average Bonchev–Trinajstić information content (AvgIpc) is 2.39. The van der Waals surface area contributed by atoms with Gasteiger partial charge in [0.2, 0.25) is 0 Å². The second kappa shape index (κ2) is 8.51. The maximum atomic E-state index is 11.6. The van der Waals surface area contributed by atoms with Crippen LogP contribution in [0.25, 0.3) is 0 Å².